The summed E-state index contributed by atoms with van der Waals surface area (Å²) in [6, 6.07) is 16.1. The van der Waals surface area contributed by atoms with E-state index in [4.69, 9.17) is 17.0 Å². The molecule has 0 aliphatic carbocycles. The first-order chi connectivity index (χ1) is 11.2. The molecule has 0 amide bonds. The molecule has 0 saturated heterocycles. The first-order valence-electron chi connectivity index (χ1n) is 7.77. The van der Waals surface area contributed by atoms with Gasteiger partial charge in [-0.05, 0) is 54.5 Å². The lowest BCUT2D eigenvalue weighted by Crippen LogP contribution is -2.18. The van der Waals surface area contributed by atoms with Gasteiger partial charge in [-0.1, -0.05) is 31.5 Å². The van der Waals surface area contributed by atoms with Gasteiger partial charge in [-0.2, -0.15) is 0 Å². The van der Waals surface area contributed by atoms with E-state index >= 15 is 0 Å². The first-order valence-corrected chi connectivity index (χ1v) is 8.18. The van der Waals surface area contributed by atoms with Crippen molar-refractivity contribution >= 4 is 33.9 Å². The summed E-state index contributed by atoms with van der Waals surface area (Å²) < 4.78 is 7.41. The molecule has 0 aliphatic rings. The maximum atomic E-state index is 5.61. The Kier molecular flexibility index (Phi) is 4.63. The van der Waals surface area contributed by atoms with Crippen molar-refractivity contribution in [2.24, 2.45) is 0 Å². The molecule has 3 rings (SSSR count). The number of nitrogens with zero attached hydrogens (tertiary/aromatic N) is 1. The minimum absolute atomic E-state index is 0.675. The third kappa shape index (κ3) is 3.22. The summed E-state index contributed by atoms with van der Waals surface area (Å²) in [7, 11) is 1.69. The molecular weight excluding hydrogens is 304 g/mol. The molecular formula is C19H20N2OS. The number of hydrogen-bond acceptors (Lipinski definition) is 2. The third-order valence-electron chi connectivity index (χ3n) is 3.86. The minimum atomic E-state index is 0.675. The van der Waals surface area contributed by atoms with Gasteiger partial charge in [-0.15, -0.1) is 0 Å². The number of benzene rings is 2. The summed E-state index contributed by atoms with van der Waals surface area (Å²) in [5.41, 5.74) is 3.38. The lowest BCUT2D eigenvalue weighted by Gasteiger charge is -2.10. The fourth-order valence-electron chi connectivity index (χ4n) is 2.75. The monoisotopic (exact) mass is 324 g/mol. The summed E-state index contributed by atoms with van der Waals surface area (Å²) in [6.07, 6.45) is 4.24. The number of thiocarbonyl (C=S) groups is 1. The van der Waals surface area contributed by atoms with Crippen molar-refractivity contribution in [1.82, 2.24) is 4.57 Å². The zero-order chi connectivity index (χ0) is 16.2. The zero-order valence-corrected chi connectivity index (χ0v) is 14.2. The molecule has 3 nitrogen and oxygen atoms in total. The van der Waals surface area contributed by atoms with Crippen LogP contribution in [0.25, 0.3) is 10.9 Å². The maximum absolute atomic E-state index is 5.61. The molecule has 1 aromatic heterocycles. The van der Waals surface area contributed by atoms with Gasteiger partial charge in [0.25, 0.3) is 0 Å². The van der Waals surface area contributed by atoms with Crippen LogP contribution in [0.15, 0.2) is 54.7 Å². The van der Waals surface area contributed by atoms with Crippen LogP contribution >= 0.6 is 12.2 Å². The van der Waals surface area contributed by atoms with E-state index in [1.165, 1.54) is 10.9 Å². The first kappa shape index (κ1) is 15.6. The molecule has 0 radical (unpaired) electrons. The Morgan fingerprint density at radius 2 is 1.96 bits per heavy atom. The Labute approximate surface area is 141 Å². The van der Waals surface area contributed by atoms with Crippen molar-refractivity contribution < 1.29 is 4.74 Å². The molecule has 0 fully saturated rings. The van der Waals surface area contributed by atoms with Crippen LogP contribution in [0, 0.1) is 0 Å². The van der Waals surface area contributed by atoms with Gasteiger partial charge in [0.1, 0.15) is 5.75 Å². The second-order valence-electron chi connectivity index (χ2n) is 5.45. The average Bonchev–Trinajstić information content (AvgIpc) is 2.94. The molecule has 1 heterocycles. The number of methoxy groups -OCH3 is 1. The second kappa shape index (κ2) is 6.84. The van der Waals surface area contributed by atoms with Crippen molar-refractivity contribution in [3.8, 4) is 5.75 Å². The van der Waals surface area contributed by atoms with Gasteiger partial charge >= 0.3 is 0 Å². The van der Waals surface area contributed by atoms with Crippen molar-refractivity contribution in [2.45, 2.75) is 19.8 Å². The van der Waals surface area contributed by atoms with Gasteiger partial charge in [-0.25, -0.2) is 0 Å². The van der Waals surface area contributed by atoms with Crippen LogP contribution in [0.1, 0.15) is 18.9 Å². The molecule has 118 valence electrons. The number of anilines is 1. The van der Waals surface area contributed by atoms with Crippen LogP contribution in [-0.2, 0) is 6.42 Å². The molecule has 3 aromatic rings. The molecule has 0 spiro atoms. The molecule has 2 aromatic carbocycles. The van der Waals surface area contributed by atoms with Gasteiger partial charge in [0.15, 0.2) is 5.11 Å². The number of hydrogen-bond donors (Lipinski definition) is 1. The highest BCUT2D eigenvalue weighted by Gasteiger charge is 2.12. The van der Waals surface area contributed by atoms with E-state index in [2.05, 4.69) is 30.6 Å². The highest BCUT2D eigenvalue weighted by atomic mass is 32.1. The Morgan fingerprint density at radius 1 is 1.17 bits per heavy atom. The van der Waals surface area contributed by atoms with E-state index in [1.54, 1.807) is 7.11 Å². The summed E-state index contributed by atoms with van der Waals surface area (Å²) >= 11 is 5.61. The number of aromatic nitrogens is 1. The highest BCUT2D eigenvalue weighted by molar-refractivity contribution is 7.80. The number of ether oxygens (including phenoxy) is 1. The van der Waals surface area contributed by atoms with E-state index in [0.29, 0.717) is 5.11 Å². The minimum Gasteiger partial charge on any atom is -0.497 e. The molecule has 23 heavy (non-hydrogen) atoms. The lowest BCUT2D eigenvalue weighted by molar-refractivity contribution is 0.415. The van der Waals surface area contributed by atoms with E-state index < -0.39 is 0 Å². The van der Waals surface area contributed by atoms with Gasteiger partial charge in [0, 0.05) is 17.3 Å². The SMILES string of the molecule is CCCc1cn(C(=S)Nc2ccccc2)c2ccc(OC)cc12. The van der Waals surface area contributed by atoms with Crippen molar-refractivity contribution in [3.63, 3.8) is 0 Å². The Hall–Kier alpha value is -2.33. The van der Waals surface area contributed by atoms with E-state index in [9.17, 15) is 0 Å². The van der Waals surface area contributed by atoms with E-state index in [-0.39, 0.29) is 0 Å². The van der Waals surface area contributed by atoms with Crippen LogP contribution in [-0.4, -0.2) is 16.8 Å². The molecule has 1 N–H and O–H groups in total. The molecule has 0 unspecified atom stereocenters. The number of rotatable bonds is 4. The molecule has 0 atom stereocenters. The average molecular weight is 324 g/mol. The van der Waals surface area contributed by atoms with Crippen molar-refractivity contribution in [1.29, 1.82) is 0 Å². The fourth-order valence-corrected chi connectivity index (χ4v) is 3.01. The molecule has 4 heteroatoms. The van der Waals surface area contributed by atoms with Crippen molar-refractivity contribution in [2.75, 3.05) is 12.4 Å². The predicted octanol–water partition coefficient (Wildman–Crippen LogP) is 4.85. The van der Waals surface area contributed by atoms with Gasteiger partial charge < -0.3 is 10.1 Å². The normalized spacial score (nSPS) is 10.7. The Bertz CT molecular complexity index is 824. The smallest absolute Gasteiger partial charge is 0.182 e. The number of nitrogens with one attached hydrogen (secondary N) is 1. The van der Waals surface area contributed by atoms with Crippen molar-refractivity contribution in [3.05, 3.63) is 60.3 Å². The van der Waals surface area contributed by atoms with Gasteiger partial charge in [0.2, 0.25) is 0 Å². The quantitative estimate of drug-likeness (QED) is 0.695. The van der Waals surface area contributed by atoms with E-state index in [0.717, 1.165) is 29.8 Å². The zero-order valence-electron chi connectivity index (χ0n) is 13.4. The largest absolute Gasteiger partial charge is 0.497 e. The van der Waals surface area contributed by atoms with Crippen LogP contribution in [0.2, 0.25) is 0 Å². The van der Waals surface area contributed by atoms with Crippen LogP contribution in [0.4, 0.5) is 5.69 Å². The molecule has 0 bridgehead atoms. The Balaban J connectivity index is 2.01. The summed E-state index contributed by atoms with van der Waals surface area (Å²) in [4.78, 5) is 0. The maximum Gasteiger partial charge on any atom is 0.182 e. The topological polar surface area (TPSA) is 26.2 Å². The Morgan fingerprint density at radius 3 is 2.65 bits per heavy atom. The summed E-state index contributed by atoms with van der Waals surface area (Å²) in [5.74, 6) is 0.870. The van der Waals surface area contributed by atoms with Crippen LogP contribution < -0.4 is 10.1 Å². The summed E-state index contributed by atoms with van der Waals surface area (Å²) in [5, 5.41) is 5.17. The molecule has 0 aliphatic heterocycles. The second-order valence-corrected chi connectivity index (χ2v) is 5.84. The van der Waals surface area contributed by atoms with E-state index in [1.807, 2.05) is 41.0 Å². The summed E-state index contributed by atoms with van der Waals surface area (Å²) in [6.45, 7) is 2.18. The van der Waals surface area contributed by atoms with Crippen LogP contribution in [0.5, 0.6) is 5.75 Å². The fraction of sp³-hybridized carbons (Fsp3) is 0.211. The molecule has 0 saturated carbocycles. The highest BCUT2D eigenvalue weighted by Crippen LogP contribution is 2.27. The predicted molar refractivity (Wildman–Crippen MR) is 101 cm³/mol. The number of aryl methyl sites for hydroxylation is 1. The van der Waals surface area contributed by atoms with Gasteiger partial charge in [0.05, 0.1) is 12.6 Å². The number of fused-ring (bicyclic) bond motifs is 1. The van der Waals surface area contributed by atoms with Crippen LogP contribution in [0.3, 0.4) is 0 Å². The third-order valence-corrected chi connectivity index (χ3v) is 4.16. The lowest BCUT2D eigenvalue weighted by atomic mass is 10.1. The standard InChI is InChI=1S/C19H20N2OS/c1-3-7-14-13-21(18-11-10-16(22-2)12-17(14)18)19(23)20-15-8-5-4-6-9-15/h4-6,8-13H,3,7H2,1-2H3,(H,20,23). The van der Waals surface area contributed by atoms with Gasteiger partial charge in [-0.3, -0.25) is 4.57 Å². The number of para-hydroxylation sites is 1.